The topological polar surface area (TPSA) is 35.6 Å². The average molecular weight is 312 g/mol. The molecule has 1 amide bonds. The Balaban J connectivity index is 1.74. The van der Waals surface area contributed by atoms with Gasteiger partial charge >= 0.3 is 0 Å². The number of hydrogen-bond donors (Lipinski definition) is 1. The summed E-state index contributed by atoms with van der Waals surface area (Å²) in [7, 11) is 0. The second kappa shape index (κ2) is 7.54. The monoisotopic (exact) mass is 311 g/mol. The molecule has 0 saturated carbocycles. The molecule has 0 atom stereocenters. The van der Waals surface area contributed by atoms with Crippen LogP contribution < -0.4 is 5.32 Å². The van der Waals surface area contributed by atoms with E-state index in [2.05, 4.69) is 21.7 Å². The number of piperazine rings is 1. The first-order valence-corrected chi connectivity index (χ1v) is 7.24. The number of rotatable bonds is 5. The Labute approximate surface area is 129 Å². The van der Waals surface area contributed by atoms with Gasteiger partial charge in [-0.05, 0) is 24.3 Å². The normalized spacial score (nSPS) is 16.7. The van der Waals surface area contributed by atoms with E-state index in [1.165, 1.54) is 12.1 Å². The second-order valence-corrected chi connectivity index (χ2v) is 5.66. The van der Waals surface area contributed by atoms with Crippen molar-refractivity contribution in [3.8, 4) is 0 Å². The van der Waals surface area contributed by atoms with E-state index in [0.29, 0.717) is 23.8 Å². The fourth-order valence-electron chi connectivity index (χ4n) is 2.28. The van der Waals surface area contributed by atoms with Gasteiger partial charge in [0.05, 0.1) is 6.54 Å². The minimum Gasteiger partial charge on any atom is -0.325 e. The van der Waals surface area contributed by atoms with Crippen LogP contribution in [0.15, 0.2) is 35.9 Å². The molecule has 1 aliphatic heterocycles. The Kier molecular flexibility index (Phi) is 5.73. The van der Waals surface area contributed by atoms with Crippen molar-refractivity contribution in [1.82, 2.24) is 9.80 Å². The summed E-state index contributed by atoms with van der Waals surface area (Å²) in [6, 6.07) is 5.76. The van der Waals surface area contributed by atoms with Crippen LogP contribution in [0.3, 0.4) is 0 Å². The van der Waals surface area contributed by atoms with Crippen LogP contribution in [0.4, 0.5) is 10.1 Å². The zero-order valence-corrected chi connectivity index (χ0v) is 12.6. The number of benzene rings is 1. The number of nitrogens with one attached hydrogen (secondary N) is 1. The fourth-order valence-corrected chi connectivity index (χ4v) is 2.45. The molecule has 1 N–H and O–H groups in total. The van der Waals surface area contributed by atoms with Gasteiger partial charge in [-0.15, -0.1) is 0 Å². The zero-order chi connectivity index (χ0) is 15.2. The third-order valence-electron chi connectivity index (χ3n) is 3.36. The number of carbonyl (C=O) groups excluding carboxylic acids is 1. The van der Waals surface area contributed by atoms with Crippen molar-refractivity contribution >= 4 is 23.2 Å². The molecule has 0 spiro atoms. The van der Waals surface area contributed by atoms with Gasteiger partial charge in [0.1, 0.15) is 5.82 Å². The third-order valence-corrected chi connectivity index (χ3v) is 3.47. The van der Waals surface area contributed by atoms with E-state index in [0.717, 1.165) is 26.2 Å². The molecular weight excluding hydrogens is 293 g/mol. The maximum absolute atomic E-state index is 12.8. The molecule has 1 saturated heterocycles. The Hall–Kier alpha value is -1.43. The molecule has 114 valence electrons. The molecule has 21 heavy (non-hydrogen) atoms. The van der Waals surface area contributed by atoms with Gasteiger partial charge < -0.3 is 5.32 Å². The van der Waals surface area contributed by atoms with Gasteiger partial charge in [0.25, 0.3) is 0 Å². The van der Waals surface area contributed by atoms with Gasteiger partial charge in [0.15, 0.2) is 0 Å². The molecule has 1 aromatic carbocycles. The molecule has 6 heteroatoms. The van der Waals surface area contributed by atoms with Gasteiger partial charge in [-0.1, -0.05) is 18.2 Å². The van der Waals surface area contributed by atoms with E-state index < -0.39 is 0 Å². The van der Waals surface area contributed by atoms with Gasteiger partial charge in [0, 0.05) is 43.4 Å². The third kappa shape index (κ3) is 5.46. The molecule has 1 aromatic rings. The highest BCUT2D eigenvalue weighted by atomic mass is 35.5. The van der Waals surface area contributed by atoms with Crippen LogP contribution in [0.5, 0.6) is 0 Å². The number of hydrogen-bond acceptors (Lipinski definition) is 3. The lowest BCUT2D eigenvalue weighted by molar-refractivity contribution is -0.117. The predicted octanol–water partition coefficient (Wildman–Crippen LogP) is 2.13. The summed E-state index contributed by atoms with van der Waals surface area (Å²) >= 11 is 5.79. The maximum atomic E-state index is 12.8. The summed E-state index contributed by atoms with van der Waals surface area (Å²) in [6.07, 6.45) is 0. The van der Waals surface area contributed by atoms with E-state index in [1.807, 2.05) is 0 Å². The summed E-state index contributed by atoms with van der Waals surface area (Å²) in [4.78, 5) is 16.2. The Morgan fingerprint density at radius 2 is 1.67 bits per heavy atom. The summed E-state index contributed by atoms with van der Waals surface area (Å²) in [5.41, 5.74) is 0.610. The Morgan fingerprint density at radius 3 is 2.19 bits per heavy atom. The molecule has 1 heterocycles. The van der Waals surface area contributed by atoms with Crippen molar-refractivity contribution in [2.45, 2.75) is 0 Å². The largest absolute Gasteiger partial charge is 0.325 e. The number of carbonyl (C=O) groups is 1. The van der Waals surface area contributed by atoms with Crippen LogP contribution in [0.25, 0.3) is 0 Å². The van der Waals surface area contributed by atoms with E-state index in [1.54, 1.807) is 12.1 Å². The zero-order valence-electron chi connectivity index (χ0n) is 11.8. The number of nitrogens with zero attached hydrogens (tertiary/aromatic N) is 2. The minimum atomic E-state index is -0.315. The molecule has 0 aliphatic carbocycles. The van der Waals surface area contributed by atoms with E-state index in [4.69, 9.17) is 11.6 Å². The number of amides is 1. The molecule has 0 bridgehead atoms. The SMILES string of the molecule is C=C(Cl)CN1CCN(CC(=O)Nc2ccc(F)cc2)CC1. The minimum absolute atomic E-state index is 0.0863. The molecule has 1 fully saturated rings. The molecule has 2 rings (SSSR count). The first kappa shape index (κ1) is 15.9. The highest BCUT2D eigenvalue weighted by Gasteiger charge is 2.18. The first-order chi connectivity index (χ1) is 10.0. The van der Waals surface area contributed by atoms with Gasteiger partial charge in [-0.3, -0.25) is 14.6 Å². The quantitative estimate of drug-likeness (QED) is 0.905. The summed E-state index contributed by atoms with van der Waals surface area (Å²) in [5.74, 6) is -0.401. The van der Waals surface area contributed by atoms with Gasteiger partial charge in [-0.25, -0.2) is 4.39 Å². The number of halogens is 2. The standard InChI is InChI=1S/C15H19ClFN3O/c1-12(16)10-19-6-8-20(9-7-19)11-15(21)18-14-4-2-13(17)3-5-14/h2-5H,1,6-11H2,(H,18,21). The lowest BCUT2D eigenvalue weighted by Crippen LogP contribution is -2.48. The summed E-state index contributed by atoms with van der Waals surface area (Å²) in [5, 5.41) is 3.40. The van der Waals surface area contributed by atoms with E-state index in [9.17, 15) is 9.18 Å². The Bertz CT molecular complexity index is 498. The lowest BCUT2D eigenvalue weighted by Gasteiger charge is -2.34. The second-order valence-electron chi connectivity index (χ2n) is 5.12. The molecule has 0 radical (unpaired) electrons. The van der Waals surface area contributed by atoms with E-state index >= 15 is 0 Å². The predicted molar refractivity (Wildman–Crippen MR) is 82.9 cm³/mol. The van der Waals surface area contributed by atoms with Gasteiger partial charge in [0.2, 0.25) is 5.91 Å². The number of anilines is 1. The van der Waals surface area contributed by atoms with Crippen LogP contribution in [0.2, 0.25) is 0 Å². The summed E-state index contributed by atoms with van der Waals surface area (Å²) in [6.45, 7) is 8.10. The van der Waals surface area contributed by atoms with Crippen molar-refractivity contribution < 1.29 is 9.18 Å². The highest BCUT2D eigenvalue weighted by Crippen LogP contribution is 2.09. The van der Waals surface area contributed by atoms with Gasteiger partial charge in [-0.2, -0.15) is 0 Å². The van der Waals surface area contributed by atoms with Crippen molar-refractivity contribution in [2.75, 3.05) is 44.6 Å². The van der Waals surface area contributed by atoms with Crippen LogP contribution in [-0.2, 0) is 4.79 Å². The van der Waals surface area contributed by atoms with E-state index in [-0.39, 0.29) is 11.7 Å². The molecule has 4 nitrogen and oxygen atoms in total. The lowest BCUT2D eigenvalue weighted by atomic mass is 10.3. The van der Waals surface area contributed by atoms with Crippen molar-refractivity contribution in [2.24, 2.45) is 0 Å². The molecule has 1 aliphatic rings. The van der Waals surface area contributed by atoms with Crippen molar-refractivity contribution in [1.29, 1.82) is 0 Å². The molecular formula is C15H19ClFN3O. The molecule has 0 unspecified atom stereocenters. The maximum Gasteiger partial charge on any atom is 0.238 e. The highest BCUT2D eigenvalue weighted by molar-refractivity contribution is 6.29. The van der Waals surface area contributed by atoms with Crippen LogP contribution >= 0.6 is 11.6 Å². The van der Waals surface area contributed by atoms with Crippen LogP contribution in [0.1, 0.15) is 0 Å². The smallest absolute Gasteiger partial charge is 0.238 e. The van der Waals surface area contributed by atoms with Crippen LogP contribution in [-0.4, -0.2) is 55.0 Å². The Morgan fingerprint density at radius 1 is 1.14 bits per heavy atom. The summed E-state index contributed by atoms with van der Waals surface area (Å²) < 4.78 is 12.8. The first-order valence-electron chi connectivity index (χ1n) is 6.86. The fraction of sp³-hybridized carbons (Fsp3) is 0.400. The average Bonchev–Trinajstić information content (AvgIpc) is 2.43. The van der Waals surface area contributed by atoms with Crippen molar-refractivity contribution in [3.63, 3.8) is 0 Å². The molecule has 0 aromatic heterocycles. The van der Waals surface area contributed by atoms with Crippen molar-refractivity contribution in [3.05, 3.63) is 41.7 Å². The van der Waals surface area contributed by atoms with Crippen LogP contribution in [0, 0.1) is 5.82 Å².